The maximum absolute atomic E-state index is 13.1. The number of carbonyl (C=O) groups is 1. The van der Waals surface area contributed by atoms with Crippen LogP contribution in [0.5, 0.6) is 0 Å². The lowest BCUT2D eigenvalue weighted by Crippen LogP contribution is -2.43. The van der Waals surface area contributed by atoms with Crippen molar-refractivity contribution in [3.05, 3.63) is 53.9 Å². The summed E-state index contributed by atoms with van der Waals surface area (Å²) in [4.78, 5) is 15.3. The number of carbonyl (C=O) groups excluding carboxylic acids is 1. The molecule has 7 heteroatoms. The molecule has 0 fully saturated rings. The number of benzene rings is 1. The van der Waals surface area contributed by atoms with Crippen LogP contribution >= 0.6 is 0 Å². The first kappa shape index (κ1) is 17.5. The molecule has 0 spiro atoms. The van der Waals surface area contributed by atoms with Crippen LogP contribution in [0, 0.1) is 11.3 Å². The average Bonchev–Trinajstić information content (AvgIpc) is 2.65. The molecule has 0 bridgehead atoms. The number of hydrogen-bond donors (Lipinski definition) is 3. The first-order valence-electron chi connectivity index (χ1n) is 7.29. The highest BCUT2D eigenvalue weighted by molar-refractivity contribution is 5.78. The smallest absolute Gasteiger partial charge is 0.234 e. The topological polar surface area (TPSA) is 112 Å². The van der Waals surface area contributed by atoms with Gasteiger partial charge in [0, 0.05) is 11.8 Å². The lowest BCUT2D eigenvalue weighted by atomic mass is 9.99. The van der Waals surface area contributed by atoms with Gasteiger partial charge >= 0.3 is 0 Å². The number of hydrogen-bond acceptors (Lipinski definition) is 5. The van der Waals surface area contributed by atoms with Crippen LogP contribution in [0.2, 0.25) is 0 Å². The number of halogens is 1. The van der Waals surface area contributed by atoms with Gasteiger partial charge in [-0.1, -0.05) is 24.3 Å². The van der Waals surface area contributed by atoms with Gasteiger partial charge in [-0.05, 0) is 23.3 Å². The van der Waals surface area contributed by atoms with Gasteiger partial charge in [-0.2, -0.15) is 5.26 Å². The minimum Gasteiger partial charge on any atom is -0.386 e. The molecule has 4 N–H and O–H groups in total. The molecule has 24 heavy (non-hydrogen) atoms. The molecule has 2 aromatic rings. The Morgan fingerprint density at radius 3 is 2.46 bits per heavy atom. The van der Waals surface area contributed by atoms with E-state index in [-0.39, 0.29) is 6.54 Å². The van der Waals surface area contributed by atoms with Crippen molar-refractivity contribution in [2.45, 2.75) is 12.1 Å². The summed E-state index contributed by atoms with van der Waals surface area (Å²) in [6.45, 7) is -1.18. The molecule has 1 amide bonds. The summed E-state index contributed by atoms with van der Waals surface area (Å²) in [5, 5.41) is 21.3. The third-order valence-corrected chi connectivity index (χ3v) is 3.54. The molecule has 1 heterocycles. The van der Waals surface area contributed by atoms with Gasteiger partial charge in [0.1, 0.15) is 24.5 Å². The number of nitrogens with two attached hydrogens (primary N) is 1. The molecule has 2 unspecified atom stereocenters. The number of nitrogens with one attached hydrogen (secondary N) is 1. The zero-order valence-corrected chi connectivity index (χ0v) is 12.8. The molecular formula is C17H17FN4O2. The Kier molecular flexibility index (Phi) is 5.95. The molecule has 0 radical (unpaired) electrons. The maximum Gasteiger partial charge on any atom is 0.234 e. The van der Waals surface area contributed by atoms with Gasteiger partial charge in [0.25, 0.3) is 0 Å². The predicted octanol–water partition coefficient (Wildman–Crippen LogP) is 1.07. The number of aliphatic hydroxyl groups excluding tert-OH is 1. The lowest BCUT2D eigenvalue weighted by molar-refractivity contribution is -0.121. The number of nitrogens with zero attached hydrogens (tertiary/aromatic N) is 2. The van der Waals surface area contributed by atoms with Crippen molar-refractivity contribution < 1.29 is 14.3 Å². The van der Waals surface area contributed by atoms with Crippen molar-refractivity contribution in [3.8, 4) is 17.2 Å². The Bertz CT molecular complexity index is 726. The molecule has 124 valence electrons. The number of amides is 1. The Balaban J connectivity index is 2.15. The number of aromatic nitrogens is 1. The lowest BCUT2D eigenvalue weighted by Gasteiger charge is -2.21. The van der Waals surface area contributed by atoms with Gasteiger partial charge in [-0.25, -0.2) is 9.37 Å². The van der Waals surface area contributed by atoms with E-state index in [9.17, 15) is 14.3 Å². The first-order valence-corrected chi connectivity index (χ1v) is 7.29. The summed E-state index contributed by atoms with van der Waals surface area (Å²) < 4.78 is 13.1. The molecule has 1 aromatic heterocycles. The molecule has 0 aliphatic heterocycles. The minimum atomic E-state index is -1.18. The van der Waals surface area contributed by atoms with Gasteiger partial charge < -0.3 is 16.2 Å². The second-order valence-electron chi connectivity index (χ2n) is 5.14. The Morgan fingerprint density at radius 2 is 1.96 bits per heavy atom. The van der Waals surface area contributed by atoms with E-state index in [4.69, 9.17) is 11.0 Å². The Hall–Kier alpha value is -2.82. The van der Waals surface area contributed by atoms with Crippen LogP contribution in [0.3, 0.4) is 0 Å². The molecule has 0 saturated carbocycles. The fraction of sp³-hybridized carbons (Fsp3) is 0.235. The molecule has 0 saturated heterocycles. The molecule has 2 atom stereocenters. The highest BCUT2D eigenvalue weighted by Crippen LogP contribution is 2.23. The van der Waals surface area contributed by atoms with Gasteiger partial charge in [0.15, 0.2) is 0 Å². The van der Waals surface area contributed by atoms with Crippen LogP contribution in [-0.2, 0) is 4.79 Å². The van der Waals surface area contributed by atoms with E-state index in [1.807, 2.05) is 6.07 Å². The maximum atomic E-state index is 13.1. The van der Waals surface area contributed by atoms with Crippen LogP contribution in [-0.4, -0.2) is 35.3 Å². The summed E-state index contributed by atoms with van der Waals surface area (Å²) in [7, 11) is 0. The van der Waals surface area contributed by atoms with E-state index in [0.29, 0.717) is 11.3 Å². The second kappa shape index (κ2) is 8.15. The Morgan fingerprint density at radius 1 is 1.29 bits per heavy atom. The van der Waals surface area contributed by atoms with E-state index in [1.165, 1.54) is 0 Å². The van der Waals surface area contributed by atoms with Crippen molar-refractivity contribution in [3.63, 3.8) is 0 Å². The molecule has 1 aromatic carbocycles. The normalized spacial score (nSPS) is 12.9. The van der Waals surface area contributed by atoms with Gasteiger partial charge in [-0.3, -0.25) is 4.79 Å². The molecule has 0 aliphatic rings. The highest BCUT2D eigenvalue weighted by Gasteiger charge is 2.22. The summed E-state index contributed by atoms with van der Waals surface area (Å²) in [6, 6.07) is 11.1. The largest absolute Gasteiger partial charge is 0.386 e. The first-order chi connectivity index (χ1) is 11.6. The highest BCUT2D eigenvalue weighted by atomic mass is 19.1. The van der Waals surface area contributed by atoms with Gasteiger partial charge in [-0.15, -0.1) is 0 Å². The molecule has 2 rings (SSSR count). The zero-order chi connectivity index (χ0) is 17.5. The average molecular weight is 328 g/mol. The fourth-order valence-corrected chi connectivity index (χ4v) is 2.20. The minimum absolute atomic E-state index is 0.270. The van der Waals surface area contributed by atoms with E-state index >= 15 is 0 Å². The number of aliphatic hydroxyl groups is 1. The van der Waals surface area contributed by atoms with Crippen LogP contribution in [0.4, 0.5) is 4.39 Å². The van der Waals surface area contributed by atoms with E-state index < -0.39 is 24.7 Å². The summed E-state index contributed by atoms with van der Waals surface area (Å²) >= 11 is 0. The van der Waals surface area contributed by atoms with Crippen molar-refractivity contribution in [2.24, 2.45) is 5.73 Å². The summed E-state index contributed by atoms with van der Waals surface area (Å²) in [5.41, 5.74) is 7.63. The van der Waals surface area contributed by atoms with E-state index in [0.717, 1.165) is 11.1 Å². The Labute approximate surface area is 138 Å². The molecular weight excluding hydrogens is 311 g/mol. The predicted molar refractivity (Wildman–Crippen MR) is 86.3 cm³/mol. The van der Waals surface area contributed by atoms with Gasteiger partial charge in [0.05, 0.1) is 12.6 Å². The van der Waals surface area contributed by atoms with E-state index in [1.54, 1.807) is 42.6 Å². The van der Waals surface area contributed by atoms with Crippen LogP contribution in [0.1, 0.15) is 17.4 Å². The molecule has 6 nitrogen and oxygen atoms in total. The number of rotatable bonds is 6. The third kappa shape index (κ3) is 4.13. The van der Waals surface area contributed by atoms with Crippen molar-refractivity contribution in [2.75, 3.05) is 13.2 Å². The third-order valence-electron chi connectivity index (χ3n) is 3.54. The SMILES string of the molecule is N#Cc1ccc(-c2ccc(C(O)C(CF)NC(=O)CN)cc2)cn1. The number of nitriles is 1. The fourth-order valence-electron chi connectivity index (χ4n) is 2.20. The summed E-state index contributed by atoms with van der Waals surface area (Å²) in [5.74, 6) is -0.531. The van der Waals surface area contributed by atoms with Crippen LogP contribution in [0.15, 0.2) is 42.6 Å². The molecule has 0 aliphatic carbocycles. The van der Waals surface area contributed by atoms with Crippen molar-refractivity contribution in [1.29, 1.82) is 5.26 Å². The second-order valence-corrected chi connectivity index (χ2v) is 5.14. The summed E-state index contributed by atoms with van der Waals surface area (Å²) in [6.07, 6.45) is 0.397. The van der Waals surface area contributed by atoms with Crippen molar-refractivity contribution >= 4 is 5.91 Å². The van der Waals surface area contributed by atoms with Crippen molar-refractivity contribution in [1.82, 2.24) is 10.3 Å². The number of pyridine rings is 1. The monoisotopic (exact) mass is 328 g/mol. The van der Waals surface area contributed by atoms with Gasteiger partial charge in [0.2, 0.25) is 5.91 Å². The number of alkyl halides is 1. The van der Waals surface area contributed by atoms with Crippen LogP contribution in [0.25, 0.3) is 11.1 Å². The van der Waals surface area contributed by atoms with Crippen LogP contribution < -0.4 is 11.1 Å². The quantitative estimate of drug-likeness (QED) is 0.734. The zero-order valence-electron chi connectivity index (χ0n) is 12.8. The standard InChI is InChI=1S/C17H17FN4O2/c18-7-15(22-16(23)9-20)17(24)12-3-1-11(2-4-12)13-5-6-14(8-19)21-10-13/h1-6,10,15,17,24H,7,9,20H2,(H,22,23). The van der Waals surface area contributed by atoms with E-state index in [2.05, 4.69) is 10.3 Å².